The molecule has 0 saturated carbocycles. The average molecular weight is 419 g/mol. The van der Waals surface area contributed by atoms with Crippen molar-refractivity contribution in [3.63, 3.8) is 0 Å². The lowest BCUT2D eigenvalue weighted by Gasteiger charge is -2.27. The Balaban J connectivity index is 1.46. The summed E-state index contributed by atoms with van der Waals surface area (Å²) < 4.78 is 11.5. The highest BCUT2D eigenvalue weighted by molar-refractivity contribution is 6.31. The lowest BCUT2D eigenvalue weighted by Crippen LogP contribution is -2.46. The van der Waals surface area contributed by atoms with E-state index >= 15 is 0 Å². The Morgan fingerprint density at radius 2 is 1.29 bits per heavy atom. The van der Waals surface area contributed by atoms with Gasteiger partial charge in [-0.2, -0.15) is 0 Å². The molecule has 2 saturated heterocycles. The summed E-state index contributed by atoms with van der Waals surface area (Å²) in [5.74, 6) is 7.29. The number of halogens is 2. The number of rotatable bonds is 6. The van der Waals surface area contributed by atoms with Gasteiger partial charge in [-0.3, -0.25) is 0 Å². The smallest absolute Gasteiger partial charge is 0.144 e. The summed E-state index contributed by atoms with van der Waals surface area (Å²) in [7, 11) is 0. The Bertz CT molecular complexity index is 833. The van der Waals surface area contributed by atoms with Crippen molar-refractivity contribution >= 4 is 23.2 Å². The van der Waals surface area contributed by atoms with Crippen LogP contribution in [0, 0.1) is 11.8 Å². The maximum absolute atomic E-state index is 6.18. The molecule has 1 unspecified atom stereocenters. The van der Waals surface area contributed by atoms with Crippen LogP contribution in [0.25, 0.3) is 0 Å². The zero-order valence-corrected chi connectivity index (χ0v) is 16.7. The van der Waals surface area contributed by atoms with Crippen LogP contribution in [0.2, 0.25) is 10.3 Å². The van der Waals surface area contributed by atoms with Gasteiger partial charge in [0.25, 0.3) is 0 Å². The first-order valence-electron chi connectivity index (χ1n) is 9.23. The topological polar surface area (TPSA) is 68.3 Å². The number of hydrogen-bond acceptors (Lipinski definition) is 6. The Morgan fingerprint density at radius 3 is 1.64 bits per heavy atom. The van der Waals surface area contributed by atoms with Gasteiger partial charge in [-0.05, 0) is 25.9 Å². The van der Waals surface area contributed by atoms with E-state index in [9.17, 15) is 0 Å². The van der Waals surface area contributed by atoms with Crippen LogP contribution in [0.3, 0.4) is 0 Å². The maximum Gasteiger partial charge on any atom is 0.144 e. The fourth-order valence-corrected chi connectivity index (χ4v) is 3.00. The number of aromatic nitrogens is 2. The van der Waals surface area contributed by atoms with E-state index in [1.165, 1.54) is 0 Å². The lowest BCUT2D eigenvalue weighted by molar-refractivity contribution is 0.217. The molecular formula is C20H20Cl2N4O2. The highest BCUT2D eigenvalue weighted by Gasteiger charge is 2.17. The third-order valence-electron chi connectivity index (χ3n) is 4.71. The Labute approximate surface area is 173 Å². The second kappa shape index (κ2) is 8.97. The molecule has 0 radical (unpaired) electrons. The number of ether oxygens (including phenoxy) is 2. The summed E-state index contributed by atoms with van der Waals surface area (Å²) in [6.07, 6.45) is 5.44. The SMILES string of the molecule is Clc1ncc(OCC2CCN2)cc1C#Cc1cc(OC[C@@H]2CCN2)cnc1Cl. The van der Waals surface area contributed by atoms with Crippen molar-refractivity contribution in [2.24, 2.45) is 0 Å². The molecule has 2 fully saturated rings. The van der Waals surface area contributed by atoms with Crippen molar-refractivity contribution in [2.75, 3.05) is 26.3 Å². The molecule has 4 heterocycles. The van der Waals surface area contributed by atoms with E-state index in [-0.39, 0.29) is 0 Å². The van der Waals surface area contributed by atoms with Crippen molar-refractivity contribution in [3.8, 4) is 23.3 Å². The third-order valence-corrected chi connectivity index (χ3v) is 5.32. The molecule has 0 bridgehead atoms. The summed E-state index contributed by atoms with van der Waals surface area (Å²) in [4.78, 5) is 8.31. The Hall–Kier alpha value is -2.04. The van der Waals surface area contributed by atoms with Crippen molar-refractivity contribution in [3.05, 3.63) is 46.0 Å². The van der Waals surface area contributed by atoms with Gasteiger partial charge in [0.1, 0.15) is 35.0 Å². The van der Waals surface area contributed by atoms with Crippen LogP contribution in [0.1, 0.15) is 24.0 Å². The van der Waals surface area contributed by atoms with Crippen molar-refractivity contribution < 1.29 is 9.47 Å². The zero-order valence-electron chi connectivity index (χ0n) is 15.2. The van der Waals surface area contributed by atoms with Gasteiger partial charge in [-0.1, -0.05) is 35.0 Å². The summed E-state index contributed by atoms with van der Waals surface area (Å²) in [6, 6.07) is 4.36. The van der Waals surface area contributed by atoms with Gasteiger partial charge < -0.3 is 20.1 Å². The van der Waals surface area contributed by atoms with Crippen molar-refractivity contribution in [1.29, 1.82) is 0 Å². The van der Waals surface area contributed by atoms with Gasteiger partial charge in [-0.25, -0.2) is 9.97 Å². The second-order valence-electron chi connectivity index (χ2n) is 6.77. The number of nitrogens with one attached hydrogen (secondary N) is 2. The molecule has 4 rings (SSSR count). The second-order valence-corrected chi connectivity index (χ2v) is 7.49. The minimum absolute atomic E-state index is 0.314. The molecule has 28 heavy (non-hydrogen) atoms. The normalized spacial score (nSPS) is 20.4. The molecule has 8 heteroatoms. The van der Waals surface area contributed by atoms with Gasteiger partial charge in [-0.15, -0.1) is 0 Å². The van der Waals surface area contributed by atoms with Crippen LogP contribution in [0.5, 0.6) is 11.5 Å². The standard InChI is InChI=1S/C20H20Cl2N4O2/c21-19-13(7-17(9-25-19)27-11-15-3-5-23-15)1-2-14-8-18(10-26-20(14)22)28-12-16-4-6-24-16/h7-10,15-16,23-24H,3-6,11-12H2/t15-,16?/m0/s1. The summed E-state index contributed by atoms with van der Waals surface area (Å²) in [5, 5.41) is 7.20. The van der Waals surface area contributed by atoms with Crippen molar-refractivity contribution in [1.82, 2.24) is 20.6 Å². The quantitative estimate of drug-likeness (QED) is 0.555. The molecule has 0 aromatic carbocycles. The molecule has 2 N–H and O–H groups in total. The molecule has 146 valence electrons. The molecule has 0 amide bonds. The maximum atomic E-state index is 6.18. The summed E-state index contributed by atoms with van der Waals surface area (Å²) >= 11 is 12.4. The van der Waals surface area contributed by atoms with Gasteiger partial charge in [0.2, 0.25) is 0 Å². The molecule has 2 aromatic heterocycles. The summed E-state index contributed by atoms with van der Waals surface area (Å²) in [5.41, 5.74) is 1.14. The number of pyridine rings is 2. The van der Waals surface area contributed by atoms with Gasteiger partial charge in [0.05, 0.1) is 23.5 Å². The van der Waals surface area contributed by atoms with E-state index in [0.717, 1.165) is 25.9 Å². The van der Waals surface area contributed by atoms with Crippen LogP contribution in [-0.4, -0.2) is 48.4 Å². The number of nitrogens with zero attached hydrogens (tertiary/aromatic N) is 2. The van der Waals surface area contributed by atoms with Crippen LogP contribution < -0.4 is 20.1 Å². The zero-order chi connectivity index (χ0) is 19.3. The molecule has 2 atom stereocenters. The van der Waals surface area contributed by atoms with E-state index in [0.29, 0.717) is 58.2 Å². The molecule has 0 spiro atoms. The van der Waals surface area contributed by atoms with E-state index in [1.807, 2.05) is 0 Å². The monoisotopic (exact) mass is 418 g/mol. The van der Waals surface area contributed by atoms with Crippen LogP contribution in [0.15, 0.2) is 24.5 Å². The average Bonchev–Trinajstić information content (AvgIpc) is 2.61. The van der Waals surface area contributed by atoms with Gasteiger partial charge in [0, 0.05) is 24.2 Å². The van der Waals surface area contributed by atoms with E-state index < -0.39 is 0 Å². The summed E-state index contributed by atoms with van der Waals surface area (Å²) in [6.45, 7) is 3.28. The van der Waals surface area contributed by atoms with E-state index in [2.05, 4.69) is 32.4 Å². The highest BCUT2D eigenvalue weighted by atomic mass is 35.5. The molecule has 2 aromatic rings. The highest BCUT2D eigenvalue weighted by Crippen LogP contribution is 2.21. The largest absolute Gasteiger partial charge is 0.490 e. The van der Waals surface area contributed by atoms with Crippen LogP contribution in [-0.2, 0) is 0 Å². The molecule has 2 aliphatic rings. The van der Waals surface area contributed by atoms with Crippen LogP contribution in [0.4, 0.5) is 0 Å². The lowest BCUT2D eigenvalue weighted by atomic mass is 10.1. The van der Waals surface area contributed by atoms with E-state index in [1.54, 1.807) is 24.5 Å². The predicted molar refractivity (Wildman–Crippen MR) is 108 cm³/mol. The first-order chi connectivity index (χ1) is 13.7. The molecular weight excluding hydrogens is 399 g/mol. The predicted octanol–water partition coefficient (Wildman–Crippen LogP) is 2.66. The third kappa shape index (κ3) is 4.86. The molecule has 2 aliphatic heterocycles. The fourth-order valence-electron chi connectivity index (χ4n) is 2.70. The number of hydrogen-bond donors (Lipinski definition) is 2. The minimum atomic E-state index is 0.314. The first kappa shape index (κ1) is 19.3. The van der Waals surface area contributed by atoms with Crippen LogP contribution >= 0.6 is 23.2 Å². The Morgan fingerprint density at radius 1 is 0.857 bits per heavy atom. The molecule has 6 nitrogen and oxygen atoms in total. The minimum Gasteiger partial charge on any atom is -0.490 e. The van der Waals surface area contributed by atoms with Gasteiger partial charge >= 0.3 is 0 Å². The van der Waals surface area contributed by atoms with Gasteiger partial charge in [0.15, 0.2) is 0 Å². The van der Waals surface area contributed by atoms with E-state index in [4.69, 9.17) is 32.7 Å². The van der Waals surface area contributed by atoms with Crippen molar-refractivity contribution in [2.45, 2.75) is 24.9 Å². The molecule has 0 aliphatic carbocycles. The fraction of sp³-hybridized carbons (Fsp3) is 0.400. The Kier molecular flexibility index (Phi) is 6.18. The first-order valence-corrected chi connectivity index (χ1v) is 9.98.